The van der Waals surface area contributed by atoms with Gasteiger partial charge in [-0.2, -0.15) is 0 Å². The zero-order valence-corrected chi connectivity index (χ0v) is 18.1. The van der Waals surface area contributed by atoms with Crippen LogP contribution in [-0.2, 0) is 0 Å². The van der Waals surface area contributed by atoms with Crippen LogP contribution in [0.5, 0.6) is 0 Å². The number of hydrogen-bond donors (Lipinski definition) is 1. The fourth-order valence-electron chi connectivity index (χ4n) is 3.50. The van der Waals surface area contributed by atoms with Gasteiger partial charge in [-0.3, -0.25) is 4.99 Å². The molecule has 0 fully saturated rings. The van der Waals surface area contributed by atoms with E-state index in [1.165, 1.54) is 0 Å². The lowest BCUT2D eigenvalue weighted by Gasteiger charge is -2.35. The van der Waals surface area contributed by atoms with Crippen molar-refractivity contribution in [2.24, 2.45) is 15.4 Å². The van der Waals surface area contributed by atoms with Crippen molar-refractivity contribution in [3.8, 4) is 0 Å². The van der Waals surface area contributed by atoms with Crippen molar-refractivity contribution in [2.75, 3.05) is 0 Å². The molecule has 146 valence electrons. The van der Waals surface area contributed by atoms with E-state index in [2.05, 4.69) is 65.0 Å². The molecule has 0 amide bonds. The summed E-state index contributed by atoms with van der Waals surface area (Å²) in [5.41, 5.74) is 4.75. The quantitative estimate of drug-likeness (QED) is 0.528. The van der Waals surface area contributed by atoms with Gasteiger partial charge in [0.2, 0.25) is 0 Å². The minimum atomic E-state index is -0.0290. The maximum Gasteiger partial charge on any atom is 0.0909 e. The predicted molar refractivity (Wildman–Crippen MR) is 121 cm³/mol. The summed E-state index contributed by atoms with van der Waals surface area (Å²) in [6.45, 7) is 23.2. The third-order valence-electron chi connectivity index (χ3n) is 3.93. The fourth-order valence-corrected chi connectivity index (χ4v) is 3.50. The highest BCUT2D eigenvalue weighted by Crippen LogP contribution is 2.28. The Morgan fingerprint density at radius 1 is 1.26 bits per heavy atom. The first-order valence-electron chi connectivity index (χ1n) is 9.41. The van der Waals surface area contributed by atoms with E-state index in [0.29, 0.717) is 5.70 Å². The van der Waals surface area contributed by atoms with Crippen molar-refractivity contribution in [3.05, 3.63) is 72.3 Å². The monoisotopic (exact) mass is 365 g/mol. The van der Waals surface area contributed by atoms with Gasteiger partial charge in [-0.25, -0.2) is 4.99 Å². The second-order valence-corrected chi connectivity index (χ2v) is 8.68. The molecule has 0 radical (unpaired) electrons. The van der Waals surface area contributed by atoms with Crippen molar-refractivity contribution in [1.29, 1.82) is 0 Å². The molecule has 1 N–H and O–H groups in total. The average molecular weight is 366 g/mol. The van der Waals surface area contributed by atoms with Gasteiger partial charge >= 0.3 is 0 Å². The first-order valence-corrected chi connectivity index (χ1v) is 9.41. The highest BCUT2D eigenvalue weighted by atomic mass is 15.0. The molecular formula is C24H35N3. The lowest BCUT2D eigenvalue weighted by Crippen LogP contribution is -2.42. The highest BCUT2D eigenvalue weighted by Gasteiger charge is 2.26. The molecule has 1 aliphatic heterocycles. The number of allylic oxidation sites excluding steroid dienone is 7. The zero-order chi connectivity index (χ0) is 20.7. The van der Waals surface area contributed by atoms with E-state index in [1.807, 2.05) is 31.2 Å². The molecule has 3 nitrogen and oxygen atoms in total. The third kappa shape index (κ3) is 7.78. The molecule has 0 aromatic heterocycles. The smallest absolute Gasteiger partial charge is 0.0909 e. The van der Waals surface area contributed by atoms with Crippen LogP contribution in [0.3, 0.4) is 0 Å². The van der Waals surface area contributed by atoms with Crippen molar-refractivity contribution in [1.82, 2.24) is 5.32 Å². The summed E-state index contributed by atoms with van der Waals surface area (Å²) in [6, 6.07) is 0. The van der Waals surface area contributed by atoms with Gasteiger partial charge in [-0.1, -0.05) is 58.2 Å². The van der Waals surface area contributed by atoms with Gasteiger partial charge in [0.05, 0.1) is 17.6 Å². The fraction of sp³-hybridized carbons (Fsp3) is 0.417. The summed E-state index contributed by atoms with van der Waals surface area (Å²) < 4.78 is 0. The van der Waals surface area contributed by atoms with Crippen molar-refractivity contribution >= 4 is 11.9 Å². The van der Waals surface area contributed by atoms with Crippen LogP contribution in [0.1, 0.15) is 54.9 Å². The van der Waals surface area contributed by atoms with Crippen LogP contribution >= 0.6 is 0 Å². The van der Waals surface area contributed by atoms with Gasteiger partial charge in [0.25, 0.3) is 0 Å². The van der Waals surface area contributed by atoms with Crippen molar-refractivity contribution < 1.29 is 0 Å². The Morgan fingerprint density at radius 2 is 1.93 bits per heavy atom. The molecule has 1 aliphatic rings. The Labute approximate surface area is 165 Å². The van der Waals surface area contributed by atoms with Gasteiger partial charge in [0.1, 0.15) is 0 Å². The molecule has 0 atom stereocenters. The summed E-state index contributed by atoms with van der Waals surface area (Å²) in [4.78, 5) is 8.99. The third-order valence-corrected chi connectivity index (χ3v) is 3.93. The van der Waals surface area contributed by atoms with Crippen molar-refractivity contribution in [3.63, 3.8) is 0 Å². The van der Waals surface area contributed by atoms with E-state index in [9.17, 15) is 0 Å². The lowest BCUT2D eigenvalue weighted by molar-refractivity contribution is 0.256. The van der Waals surface area contributed by atoms with E-state index in [1.54, 1.807) is 18.5 Å². The second kappa shape index (κ2) is 9.50. The molecule has 0 aromatic carbocycles. The molecule has 27 heavy (non-hydrogen) atoms. The van der Waals surface area contributed by atoms with Crippen LogP contribution in [0.15, 0.2) is 82.3 Å². The van der Waals surface area contributed by atoms with Crippen LogP contribution in [0.2, 0.25) is 0 Å². The summed E-state index contributed by atoms with van der Waals surface area (Å²) in [5.74, 6) is 0. The highest BCUT2D eigenvalue weighted by molar-refractivity contribution is 6.40. The molecule has 0 spiro atoms. The molecule has 0 saturated heterocycles. The Balaban J connectivity index is 3.21. The van der Waals surface area contributed by atoms with Gasteiger partial charge in [0.15, 0.2) is 0 Å². The number of hydrogen-bond acceptors (Lipinski definition) is 3. The number of rotatable bonds is 7. The summed E-state index contributed by atoms with van der Waals surface area (Å²) in [6.07, 6.45) is 14.2. The van der Waals surface area contributed by atoms with E-state index in [-0.39, 0.29) is 11.0 Å². The summed E-state index contributed by atoms with van der Waals surface area (Å²) in [7, 11) is 0. The first-order chi connectivity index (χ1) is 12.5. The number of nitrogens with one attached hydrogen (secondary N) is 1. The minimum Gasteiger partial charge on any atom is -0.383 e. The van der Waals surface area contributed by atoms with Gasteiger partial charge in [0, 0.05) is 23.0 Å². The topological polar surface area (TPSA) is 36.8 Å². The van der Waals surface area contributed by atoms with Crippen LogP contribution in [-0.4, -0.2) is 17.5 Å². The molecule has 0 aromatic rings. The summed E-state index contributed by atoms with van der Waals surface area (Å²) >= 11 is 0. The van der Waals surface area contributed by atoms with Crippen LogP contribution in [0, 0.1) is 5.41 Å². The van der Waals surface area contributed by atoms with Crippen LogP contribution in [0.25, 0.3) is 0 Å². The van der Waals surface area contributed by atoms with E-state index in [4.69, 9.17) is 4.99 Å². The Morgan fingerprint density at radius 3 is 2.48 bits per heavy atom. The number of aliphatic imine (C=N–C) groups is 2. The van der Waals surface area contributed by atoms with E-state index >= 15 is 0 Å². The molecule has 0 bridgehead atoms. The standard InChI is InChI=1S/C24H35N3/c1-10-12-20(13-11-2)18(3)26-22-16-25-15-14-21(22)19(4)27-24(8,9)17-23(5,6)7/h10-16,27H,1,3,17H2,2,4-9H3/b13-11-,20-12+,21-19+,26-22-. The first kappa shape index (κ1) is 22.6. The second-order valence-electron chi connectivity index (χ2n) is 8.68. The van der Waals surface area contributed by atoms with E-state index < -0.39 is 0 Å². The Kier molecular flexibility index (Phi) is 7.96. The minimum absolute atomic E-state index is 0.0290. The van der Waals surface area contributed by atoms with Crippen LogP contribution < -0.4 is 5.32 Å². The van der Waals surface area contributed by atoms with Gasteiger partial charge in [-0.05, 0) is 51.2 Å². The number of nitrogens with zero attached hydrogens (tertiary/aromatic N) is 2. The molecule has 0 saturated carbocycles. The molecule has 1 heterocycles. The van der Waals surface area contributed by atoms with Crippen molar-refractivity contribution in [2.45, 2.75) is 60.4 Å². The van der Waals surface area contributed by atoms with Crippen LogP contribution in [0.4, 0.5) is 0 Å². The molecule has 3 heteroatoms. The average Bonchev–Trinajstić information content (AvgIpc) is 2.52. The largest absolute Gasteiger partial charge is 0.383 e. The Hall–Kier alpha value is -2.42. The SMILES string of the molecule is C=C/C=C(\C=C/C)C(=C)/N=C1/C=NC=C/C1=C(/C)NC(C)(C)CC(C)(C)C. The summed E-state index contributed by atoms with van der Waals surface area (Å²) in [5, 5.41) is 3.68. The molecule has 0 unspecified atom stereocenters. The normalized spacial score (nSPS) is 18.9. The molecule has 1 rings (SSSR count). The lowest BCUT2D eigenvalue weighted by atomic mass is 9.81. The molecule has 0 aliphatic carbocycles. The predicted octanol–water partition coefficient (Wildman–Crippen LogP) is 6.31. The zero-order valence-electron chi connectivity index (χ0n) is 18.1. The Bertz CT molecular complexity index is 745. The van der Waals surface area contributed by atoms with Gasteiger partial charge in [-0.15, -0.1) is 0 Å². The van der Waals surface area contributed by atoms with E-state index in [0.717, 1.165) is 29.0 Å². The maximum atomic E-state index is 4.74. The maximum absolute atomic E-state index is 4.74. The van der Waals surface area contributed by atoms with Gasteiger partial charge < -0.3 is 5.32 Å². The molecular weight excluding hydrogens is 330 g/mol.